The number of halogens is 1. The molecule has 0 saturated heterocycles. The summed E-state index contributed by atoms with van der Waals surface area (Å²) in [4.78, 5) is 24.8. The quantitative estimate of drug-likeness (QED) is 0.108. The van der Waals surface area contributed by atoms with Crippen LogP contribution in [0.25, 0.3) is 22.3 Å². The van der Waals surface area contributed by atoms with E-state index >= 15 is 0 Å². The van der Waals surface area contributed by atoms with Crippen LogP contribution in [-0.4, -0.2) is 60.3 Å². The van der Waals surface area contributed by atoms with Crippen LogP contribution in [0, 0.1) is 5.82 Å². The number of amides is 1. The minimum absolute atomic E-state index is 0.0925. The number of nitrogens with one attached hydrogen (secondary N) is 2. The minimum Gasteiger partial charge on any atom is -0.462 e. The Kier molecular flexibility index (Phi) is 11.4. The van der Waals surface area contributed by atoms with E-state index in [0.29, 0.717) is 58.8 Å². The number of rotatable bonds is 17. The van der Waals surface area contributed by atoms with Crippen molar-refractivity contribution in [2.75, 3.05) is 40.0 Å². The van der Waals surface area contributed by atoms with E-state index in [2.05, 4.69) is 10.0 Å². The molecule has 1 heterocycles. The van der Waals surface area contributed by atoms with Gasteiger partial charge in [0, 0.05) is 24.5 Å². The van der Waals surface area contributed by atoms with Gasteiger partial charge in [-0.1, -0.05) is 19.1 Å². The second kappa shape index (κ2) is 15.7. The molecule has 4 aromatic rings. The summed E-state index contributed by atoms with van der Waals surface area (Å²) in [5.41, 5.74) is 4.12. The first-order valence-electron chi connectivity index (χ1n) is 15.6. The van der Waals surface area contributed by atoms with E-state index in [-0.39, 0.29) is 43.3 Å². The standard InChI is InChI=1S/C35H39FN2O8S/c1-3-15-45-35(40)26-6-4-23(5-7-26)21-44-18-17-43-16-14-38-47(41,42)22-27-19-31-30(20-29(27)24-8-9-24)32(34(39)37-2)33(46-31)25-10-12-28(36)13-11-25/h4-7,10-13,19-20,24,38H,3,8-9,14-18,21-22H2,1-2H3,(H,37,39). The number of carbonyl (C=O) groups excluding carboxylic acids is 2. The first-order chi connectivity index (χ1) is 22.7. The highest BCUT2D eigenvalue weighted by atomic mass is 32.2. The van der Waals surface area contributed by atoms with Crippen molar-refractivity contribution in [3.8, 4) is 11.3 Å². The number of esters is 1. The summed E-state index contributed by atoms with van der Waals surface area (Å²) < 4.78 is 64.7. The van der Waals surface area contributed by atoms with Crippen LogP contribution in [0.5, 0.6) is 0 Å². The van der Waals surface area contributed by atoms with E-state index in [0.717, 1.165) is 30.4 Å². The van der Waals surface area contributed by atoms with Crippen molar-refractivity contribution in [3.05, 3.63) is 94.3 Å². The molecule has 0 bridgehead atoms. The highest BCUT2D eigenvalue weighted by Crippen LogP contribution is 2.45. The third kappa shape index (κ3) is 9.04. The molecule has 1 fully saturated rings. The molecule has 10 nitrogen and oxygen atoms in total. The second-order valence-corrected chi connectivity index (χ2v) is 13.2. The van der Waals surface area contributed by atoms with Crippen molar-refractivity contribution < 1.29 is 41.0 Å². The molecule has 47 heavy (non-hydrogen) atoms. The Morgan fingerprint density at radius 3 is 2.36 bits per heavy atom. The Morgan fingerprint density at radius 1 is 0.957 bits per heavy atom. The third-order valence-electron chi connectivity index (χ3n) is 7.71. The molecule has 0 atom stereocenters. The number of hydrogen-bond donors (Lipinski definition) is 2. The molecule has 0 aliphatic heterocycles. The van der Waals surface area contributed by atoms with Crippen LogP contribution in [0.4, 0.5) is 4.39 Å². The Morgan fingerprint density at radius 2 is 1.68 bits per heavy atom. The summed E-state index contributed by atoms with van der Waals surface area (Å²) in [6.45, 7) is 3.53. The summed E-state index contributed by atoms with van der Waals surface area (Å²) in [5, 5.41) is 3.23. The molecule has 1 saturated carbocycles. The Hall–Kier alpha value is -4.10. The van der Waals surface area contributed by atoms with Crippen LogP contribution in [-0.2, 0) is 36.6 Å². The van der Waals surface area contributed by atoms with E-state index in [1.54, 1.807) is 30.3 Å². The molecule has 12 heteroatoms. The lowest BCUT2D eigenvalue weighted by Crippen LogP contribution is -2.29. The topological polar surface area (TPSA) is 133 Å². The van der Waals surface area contributed by atoms with E-state index in [4.69, 9.17) is 18.6 Å². The average Bonchev–Trinajstić information content (AvgIpc) is 3.85. The molecule has 1 amide bonds. The van der Waals surface area contributed by atoms with Crippen molar-refractivity contribution in [2.45, 2.75) is 44.5 Å². The maximum absolute atomic E-state index is 13.6. The van der Waals surface area contributed by atoms with Crippen LogP contribution in [0.15, 0.2) is 65.1 Å². The molecule has 1 aliphatic carbocycles. The van der Waals surface area contributed by atoms with Gasteiger partial charge in [0.15, 0.2) is 0 Å². The van der Waals surface area contributed by atoms with Gasteiger partial charge in [-0.2, -0.15) is 0 Å². The summed E-state index contributed by atoms with van der Waals surface area (Å²) >= 11 is 0. The van der Waals surface area contributed by atoms with Gasteiger partial charge in [-0.25, -0.2) is 22.3 Å². The zero-order chi connectivity index (χ0) is 33.4. The number of benzene rings is 3. The molecule has 5 rings (SSSR count). The number of fused-ring (bicyclic) bond motifs is 1. The predicted octanol–water partition coefficient (Wildman–Crippen LogP) is 5.70. The molecular weight excluding hydrogens is 627 g/mol. The molecule has 250 valence electrons. The summed E-state index contributed by atoms with van der Waals surface area (Å²) in [7, 11) is -2.19. The normalized spacial score (nSPS) is 13.2. The zero-order valence-electron chi connectivity index (χ0n) is 26.5. The lowest BCUT2D eigenvalue weighted by Gasteiger charge is -2.12. The first kappa shape index (κ1) is 34.2. The number of furan rings is 1. The SMILES string of the molecule is CCCOC(=O)c1ccc(COCCOCCNS(=O)(=O)Cc2cc3oc(-c4ccc(F)cc4)c(C(=O)NC)c3cc2C2CC2)cc1. The molecule has 1 aliphatic rings. The van der Waals surface area contributed by atoms with Gasteiger partial charge in [-0.15, -0.1) is 0 Å². The van der Waals surface area contributed by atoms with Crippen LogP contribution in [0.3, 0.4) is 0 Å². The van der Waals surface area contributed by atoms with Crippen LogP contribution >= 0.6 is 0 Å². The minimum atomic E-state index is -3.72. The van der Waals surface area contributed by atoms with Crippen LogP contribution in [0.2, 0.25) is 0 Å². The highest BCUT2D eigenvalue weighted by Gasteiger charge is 2.31. The van der Waals surface area contributed by atoms with Gasteiger partial charge >= 0.3 is 5.97 Å². The number of hydrogen-bond acceptors (Lipinski definition) is 8. The maximum Gasteiger partial charge on any atom is 0.338 e. The van der Waals surface area contributed by atoms with E-state index in [1.165, 1.54) is 19.2 Å². The van der Waals surface area contributed by atoms with E-state index in [9.17, 15) is 22.4 Å². The Balaban J connectivity index is 1.14. The van der Waals surface area contributed by atoms with Gasteiger partial charge < -0.3 is 23.9 Å². The summed E-state index contributed by atoms with van der Waals surface area (Å²) in [6, 6.07) is 16.2. The van der Waals surface area contributed by atoms with Gasteiger partial charge in [-0.3, -0.25) is 4.79 Å². The first-order valence-corrected chi connectivity index (χ1v) is 17.3. The largest absolute Gasteiger partial charge is 0.462 e. The lowest BCUT2D eigenvalue weighted by atomic mass is 9.98. The second-order valence-electron chi connectivity index (χ2n) is 11.4. The third-order valence-corrected chi connectivity index (χ3v) is 9.04. The summed E-state index contributed by atoms with van der Waals surface area (Å²) in [6.07, 6.45) is 2.62. The Labute approximate surface area is 273 Å². The molecule has 0 unspecified atom stereocenters. The summed E-state index contributed by atoms with van der Waals surface area (Å²) in [5.74, 6) is -0.865. The molecule has 0 spiro atoms. The molecule has 0 radical (unpaired) electrons. The monoisotopic (exact) mass is 666 g/mol. The van der Waals surface area contributed by atoms with Crippen molar-refractivity contribution in [1.29, 1.82) is 0 Å². The highest BCUT2D eigenvalue weighted by molar-refractivity contribution is 7.88. The van der Waals surface area contributed by atoms with Gasteiger partial charge in [0.1, 0.15) is 17.2 Å². The van der Waals surface area contributed by atoms with Crippen molar-refractivity contribution in [2.24, 2.45) is 0 Å². The van der Waals surface area contributed by atoms with Gasteiger partial charge in [0.05, 0.1) is 49.9 Å². The fraction of sp³-hybridized carbons (Fsp3) is 0.371. The molecule has 3 aromatic carbocycles. The molecule has 1 aromatic heterocycles. The van der Waals surface area contributed by atoms with Gasteiger partial charge in [0.25, 0.3) is 5.91 Å². The van der Waals surface area contributed by atoms with Gasteiger partial charge in [-0.05, 0) is 90.4 Å². The van der Waals surface area contributed by atoms with Crippen molar-refractivity contribution in [3.63, 3.8) is 0 Å². The lowest BCUT2D eigenvalue weighted by molar-refractivity contribution is 0.0426. The maximum atomic E-state index is 13.6. The Bertz CT molecular complexity index is 1800. The predicted molar refractivity (Wildman–Crippen MR) is 175 cm³/mol. The van der Waals surface area contributed by atoms with Crippen LogP contribution < -0.4 is 10.0 Å². The molecular formula is C35H39FN2O8S. The molecule has 2 N–H and O–H groups in total. The number of ether oxygens (including phenoxy) is 3. The fourth-order valence-corrected chi connectivity index (χ4v) is 6.36. The van der Waals surface area contributed by atoms with Crippen molar-refractivity contribution >= 4 is 32.9 Å². The van der Waals surface area contributed by atoms with Crippen LogP contribution in [0.1, 0.15) is 69.5 Å². The van der Waals surface area contributed by atoms with E-state index in [1.807, 2.05) is 25.1 Å². The number of sulfonamides is 1. The van der Waals surface area contributed by atoms with Gasteiger partial charge in [0.2, 0.25) is 10.0 Å². The number of carbonyl (C=O) groups is 2. The van der Waals surface area contributed by atoms with E-state index < -0.39 is 15.8 Å². The van der Waals surface area contributed by atoms with Crippen molar-refractivity contribution in [1.82, 2.24) is 10.0 Å². The fourth-order valence-electron chi connectivity index (χ4n) is 5.21. The smallest absolute Gasteiger partial charge is 0.338 e. The zero-order valence-corrected chi connectivity index (χ0v) is 27.3. The average molecular weight is 667 g/mol.